The van der Waals surface area contributed by atoms with Crippen molar-refractivity contribution in [3.63, 3.8) is 0 Å². The van der Waals surface area contributed by atoms with Crippen LogP contribution in [0.15, 0.2) is 37.1 Å². The van der Waals surface area contributed by atoms with Gasteiger partial charge in [-0.2, -0.15) is 0 Å². The van der Waals surface area contributed by atoms with Gasteiger partial charge in [0.15, 0.2) is 0 Å². The molecule has 0 saturated carbocycles. The fraction of sp³-hybridized carbons (Fsp3) is 0.500. The Balaban J connectivity index is 2.56. The molecule has 0 spiro atoms. The van der Waals surface area contributed by atoms with Crippen molar-refractivity contribution in [2.24, 2.45) is 0 Å². The number of nitrogens with one attached hydrogen (secondary N) is 1. The topological polar surface area (TPSA) is 41.6 Å². The third-order valence-electron chi connectivity index (χ3n) is 2.39. The number of urea groups is 1. The van der Waals surface area contributed by atoms with E-state index in [1.165, 1.54) is 0 Å². The Morgan fingerprint density at radius 1 is 1.50 bits per heavy atom. The molecule has 1 heterocycles. The first-order valence-electron chi connectivity index (χ1n) is 6.16. The maximum atomic E-state index is 12.0. The van der Waals surface area contributed by atoms with Crippen LogP contribution in [0.5, 0.6) is 0 Å². The molecule has 4 nitrogen and oxygen atoms in total. The largest absolute Gasteiger partial charge is 0.345 e. The lowest BCUT2D eigenvalue weighted by molar-refractivity contribution is -0.0576. The highest BCUT2D eigenvalue weighted by Gasteiger charge is 2.22. The number of nitrogens with zero attached hydrogens (tertiary/aromatic N) is 1. The van der Waals surface area contributed by atoms with Crippen LogP contribution in [0, 0.1) is 0 Å². The van der Waals surface area contributed by atoms with Gasteiger partial charge in [-0.15, -0.1) is 6.58 Å². The molecular formula is C14H22N2O2. The molecular weight excluding hydrogens is 228 g/mol. The van der Waals surface area contributed by atoms with Crippen LogP contribution in [-0.4, -0.2) is 22.6 Å². The number of hydrogen-bond donors (Lipinski definition) is 1. The van der Waals surface area contributed by atoms with Gasteiger partial charge in [0.2, 0.25) is 0 Å². The Hall–Kier alpha value is -1.55. The number of rotatable bonds is 4. The van der Waals surface area contributed by atoms with Crippen LogP contribution in [0.25, 0.3) is 0 Å². The lowest BCUT2D eigenvalue weighted by Crippen LogP contribution is -2.45. The van der Waals surface area contributed by atoms with E-state index in [4.69, 9.17) is 4.84 Å². The minimum Gasteiger partial charge on any atom is -0.292 e. The van der Waals surface area contributed by atoms with Crippen LogP contribution in [0.1, 0.15) is 33.6 Å². The summed E-state index contributed by atoms with van der Waals surface area (Å²) in [5.41, 5.74) is 2.07. The molecule has 0 bridgehead atoms. The van der Waals surface area contributed by atoms with Gasteiger partial charge in [0.25, 0.3) is 0 Å². The number of hydroxylamine groups is 1. The molecule has 1 N–H and O–H groups in total. The fourth-order valence-electron chi connectivity index (χ4n) is 1.53. The average molecular weight is 250 g/mol. The zero-order valence-electron chi connectivity index (χ0n) is 11.3. The van der Waals surface area contributed by atoms with E-state index >= 15 is 0 Å². The van der Waals surface area contributed by atoms with Crippen molar-refractivity contribution in [3.05, 3.63) is 37.1 Å². The van der Waals surface area contributed by atoms with Crippen molar-refractivity contribution in [2.45, 2.75) is 45.3 Å². The van der Waals surface area contributed by atoms with E-state index in [1.807, 2.05) is 45.1 Å². The molecule has 1 aliphatic rings. The van der Waals surface area contributed by atoms with Crippen molar-refractivity contribution in [1.82, 2.24) is 10.4 Å². The molecule has 18 heavy (non-hydrogen) atoms. The Morgan fingerprint density at radius 3 is 2.83 bits per heavy atom. The van der Waals surface area contributed by atoms with Gasteiger partial charge in [0.05, 0.1) is 11.6 Å². The van der Waals surface area contributed by atoms with Crippen molar-refractivity contribution in [3.8, 4) is 0 Å². The molecule has 1 rings (SSSR count). The summed E-state index contributed by atoms with van der Waals surface area (Å²) < 4.78 is 0. The van der Waals surface area contributed by atoms with Crippen molar-refractivity contribution in [1.29, 1.82) is 0 Å². The summed E-state index contributed by atoms with van der Waals surface area (Å²) in [6, 6.07) is -0.198. The molecule has 1 aliphatic heterocycles. The molecule has 1 unspecified atom stereocenters. The van der Waals surface area contributed by atoms with Gasteiger partial charge in [-0.1, -0.05) is 18.2 Å². The zero-order valence-corrected chi connectivity index (χ0v) is 11.3. The standard InChI is InChI=1S/C14H22N2O2/c1-5-6-9-12-10-7-8-11-16(12)13(17)15-18-14(2,3)4/h5,7-8,10-12H,1,6,9H2,2-4H3,(H,15,17). The Bertz CT molecular complexity index is 353. The van der Waals surface area contributed by atoms with E-state index in [9.17, 15) is 4.79 Å². The highest BCUT2D eigenvalue weighted by atomic mass is 16.7. The highest BCUT2D eigenvalue weighted by Crippen LogP contribution is 2.15. The molecule has 0 aromatic rings. The predicted octanol–water partition coefficient (Wildman–Crippen LogP) is 3.15. The summed E-state index contributed by atoms with van der Waals surface area (Å²) in [5.74, 6) is 0. The zero-order chi connectivity index (χ0) is 13.6. The van der Waals surface area contributed by atoms with E-state index < -0.39 is 5.60 Å². The molecule has 0 radical (unpaired) electrons. The smallest absolute Gasteiger partial charge is 0.292 e. The highest BCUT2D eigenvalue weighted by molar-refractivity contribution is 5.75. The summed E-state index contributed by atoms with van der Waals surface area (Å²) >= 11 is 0. The van der Waals surface area contributed by atoms with E-state index in [2.05, 4.69) is 12.1 Å². The molecule has 0 saturated heterocycles. The SMILES string of the molecule is C=CCCC1C=CC=CN1C(=O)NOC(C)(C)C. The van der Waals surface area contributed by atoms with E-state index in [0.717, 1.165) is 12.8 Å². The quantitative estimate of drug-likeness (QED) is 0.615. The van der Waals surface area contributed by atoms with E-state index in [0.29, 0.717) is 0 Å². The number of carbonyl (C=O) groups is 1. The van der Waals surface area contributed by atoms with Crippen LogP contribution in [-0.2, 0) is 4.84 Å². The molecule has 0 aliphatic carbocycles. The second kappa shape index (κ2) is 6.40. The molecule has 2 amide bonds. The number of amides is 2. The van der Waals surface area contributed by atoms with Crippen LogP contribution in [0.4, 0.5) is 4.79 Å². The molecule has 0 fully saturated rings. The lowest BCUT2D eigenvalue weighted by Gasteiger charge is -2.29. The van der Waals surface area contributed by atoms with Gasteiger partial charge in [0, 0.05) is 6.20 Å². The first kappa shape index (κ1) is 14.5. The molecule has 4 heteroatoms. The minimum absolute atomic E-state index is 0.0524. The van der Waals surface area contributed by atoms with Crippen LogP contribution in [0.3, 0.4) is 0 Å². The second-order valence-electron chi connectivity index (χ2n) is 5.19. The predicted molar refractivity (Wildman–Crippen MR) is 72.7 cm³/mol. The normalized spacial score (nSPS) is 18.8. The van der Waals surface area contributed by atoms with Gasteiger partial charge >= 0.3 is 6.03 Å². The van der Waals surface area contributed by atoms with Crippen LogP contribution < -0.4 is 5.48 Å². The number of carbonyl (C=O) groups excluding carboxylic acids is 1. The molecule has 0 aromatic carbocycles. The van der Waals surface area contributed by atoms with Gasteiger partial charge in [0.1, 0.15) is 0 Å². The summed E-state index contributed by atoms with van der Waals surface area (Å²) in [6.07, 6.45) is 11.1. The molecule has 1 atom stereocenters. The van der Waals surface area contributed by atoms with Crippen molar-refractivity contribution in [2.75, 3.05) is 0 Å². The summed E-state index contributed by atoms with van der Waals surface area (Å²) in [6.45, 7) is 9.35. The average Bonchev–Trinajstić information content (AvgIpc) is 2.33. The maximum Gasteiger partial charge on any atom is 0.345 e. The first-order chi connectivity index (χ1) is 8.44. The first-order valence-corrected chi connectivity index (χ1v) is 6.16. The summed E-state index contributed by atoms with van der Waals surface area (Å²) in [4.78, 5) is 18.9. The third kappa shape index (κ3) is 4.75. The lowest BCUT2D eigenvalue weighted by atomic mass is 10.1. The maximum absolute atomic E-state index is 12.0. The van der Waals surface area contributed by atoms with E-state index in [1.54, 1.807) is 11.1 Å². The van der Waals surface area contributed by atoms with Gasteiger partial charge in [-0.05, 0) is 39.7 Å². The van der Waals surface area contributed by atoms with Gasteiger partial charge in [-0.3, -0.25) is 9.74 Å². The van der Waals surface area contributed by atoms with E-state index in [-0.39, 0.29) is 12.1 Å². The number of hydrogen-bond acceptors (Lipinski definition) is 2. The van der Waals surface area contributed by atoms with Gasteiger partial charge in [-0.25, -0.2) is 10.3 Å². The second-order valence-corrected chi connectivity index (χ2v) is 5.19. The molecule has 100 valence electrons. The van der Waals surface area contributed by atoms with Crippen LogP contribution >= 0.6 is 0 Å². The van der Waals surface area contributed by atoms with Gasteiger partial charge < -0.3 is 0 Å². The Morgan fingerprint density at radius 2 is 2.22 bits per heavy atom. The Kier molecular flexibility index (Phi) is 5.16. The number of allylic oxidation sites excluding steroid dienone is 3. The van der Waals surface area contributed by atoms with Crippen molar-refractivity contribution >= 4 is 6.03 Å². The summed E-state index contributed by atoms with van der Waals surface area (Å²) in [7, 11) is 0. The van der Waals surface area contributed by atoms with Crippen LogP contribution in [0.2, 0.25) is 0 Å². The minimum atomic E-state index is -0.401. The molecule has 0 aromatic heterocycles. The summed E-state index contributed by atoms with van der Waals surface area (Å²) in [5, 5.41) is 0. The third-order valence-corrected chi connectivity index (χ3v) is 2.39. The monoisotopic (exact) mass is 250 g/mol. The Labute approximate surface area is 109 Å². The fourth-order valence-corrected chi connectivity index (χ4v) is 1.53. The van der Waals surface area contributed by atoms with Crippen molar-refractivity contribution < 1.29 is 9.63 Å².